The highest BCUT2D eigenvalue weighted by atomic mass is 16.3. The van der Waals surface area contributed by atoms with Gasteiger partial charge in [0.05, 0.1) is 6.61 Å². The number of aliphatic hydroxyl groups is 1. The first kappa shape index (κ1) is 6.44. The Morgan fingerprint density at radius 3 is 2.57 bits per heavy atom. The van der Waals surface area contributed by atoms with Crippen LogP contribution in [-0.4, -0.2) is 11.7 Å². The molecule has 1 N–H and O–H groups in total. The zero-order valence-electron chi connectivity index (χ0n) is 4.52. The normalized spacial score (nSPS) is 10.0. The molecule has 40 valence electrons. The molecule has 0 rings (SSSR count). The Labute approximate surface area is 44.0 Å². The monoisotopic (exact) mass is 98.1 g/mol. The lowest BCUT2D eigenvalue weighted by Crippen LogP contribution is -1.80. The van der Waals surface area contributed by atoms with E-state index in [4.69, 9.17) is 5.11 Å². The second kappa shape index (κ2) is 3.62. The molecule has 0 fully saturated rings. The zero-order chi connectivity index (χ0) is 5.70. The van der Waals surface area contributed by atoms with E-state index < -0.39 is 0 Å². The summed E-state index contributed by atoms with van der Waals surface area (Å²) in [5.74, 6) is 0. The Hall–Kier alpha value is -0.560. The molecule has 0 aliphatic heterocycles. The molecule has 0 radical (unpaired) electrons. The van der Waals surface area contributed by atoms with Crippen LogP contribution in [0, 0.1) is 0 Å². The molecule has 0 spiro atoms. The van der Waals surface area contributed by atoms with Crippen molar-refractivity contribution in [3.05, 3.63) is 24.3 Å². The molecular formula is C6H10O. The first-order valence-electron chi connectivity index (χ1n) is 2.22. The summed E-state index contributed by atoms with van der Waals surface area (Å²) in [7, 11) is 0. The minimum Gasteiger partial charge on any atom is -0.392 e. The molecule has 7 heavy (non-hydrogen) atoms. The van der Waals surface area contributed by atoms with Gasteiger partial charge >= 0.3 is 0 Å². The minimum atomic E-state index is 0.0599. The van der Waals surface area contributed by atoms with E-state index >= 15 is 0 Å². The van der Waals surface area contributed by atoms with Crippen LogP contribution in [-0.2, 0) is 0 Å². The summed E-state index contributed by atoms with van der Waals surface area (Å²) >= 11 is 0. The third-order valence-electron chi connectivity index (χ3n) is 0.605. The van der Waals surface area contributed by atoms with Crippen molar-refractivity contribution in [2.75, 3.05) is 6.61 Å². The van der Waals surface area contributed by atoms with Gasteiger partial charge in [-0.15, -0.1) is 0 Å². The Kier molecular flexibility index (Phi) is 3.33. The van der Waals surface area contributed by atoms with E-state index in [0.29, 0.717) is 0 Å². The number of rotatable bonds is 2. The molecule has 0 aromatic carbocycles. The van der Waals surface area contributed by atoms with Gasteiger partial charge in [0, 0.05) is 0 Å². The topological polar surface area (TPSA) is 20.2 Å². The number of hydrogen-bond donors (Lipinski definition) is 1. The number of allylic oxidation sites excluding steroid dienone is 1. The molecule has 0 amide bonds. The predicted octanol–water partition coefficient (Wildman–Crippen LogP) is 1.11. The molecule has 1 nitrogen and oxygen atoms in total. The van der Waals surface area contributed by atoms with Crippen molar-refractivity contribution < 1.29 is 5.11 Å². The van der Waals surface area contributed by atoms with Crippen molar-refractivity contribution in [1.82, 2.24) is 0 Å². The highest BCUT2D eigenvalue weighted by molar-refractivity contribution is 5.13. The second-order valence-electron chi connectivity index (χ2n) is 1.32. The summed E-state index contributed by atoms with van der Waals surface area (Å²) in [6.07, 6.45) is 3.62. The van der Waals surface area contributed by atoms with Gasteiger partial charge in [-0.05, 0) is 12.5 Å². The molecule has 1 heteroatoms. The zero-order valence-corrected chi connectivity index (χ0v) is 4.52. The van der Waals surface area contributed by atoms with Crippen LogP contribution >= 0.6 is 0 Å². The molecule has 0 aromatic rings. The molecule has 0 heterocycles. The predicted molar refractivity (Wildman–Crippen MR) is 31.0 cm³/mol. The summed E-state index contributed by atoms with van der Waals surface area (Å²) in [5.41, 5.74) is 0.752. The van der Waals surface area contributed by atoms with Crippen molar-refractivity contribution in [3.8, 4) is 0 Å². The van der Waals surface area contributed by atoms with Crippen molar-refractivity contribution in [2.45, 2.75) is 6.92 Å². The minimum absolute atomic E-state index is 0.0599. The van der Waals surface area contributed by atoms with Crippen molar-refractivity contribution in [2.24, 2.45) is 0 Å². The summed E-state index contributed by atoms with van der Waals surface area (Å²) in [6, 6.07) is 0. The lowest BCUT2D eigenvalue weighted by atomic mass is 10.3. The molecule has 0 saturated carbocycles. The van der Waals surface area contributed by atoms with Crippen LogP contribution in [0.5, 0.6) is 0 Å². The molecule has 0 atom stereocenters. The van der Waals surface area contributed by atoms with E-state index in [1.54, 1.807) is 6.08 Å². The lowest BCUT2D eigenvalue weighted by Gasteiger charge is -1.85. The molecule has 0 aliphatic carbocycles. The molecule has 0 unspecified atom stereocenters. The molecular weight excluding hydrogens is 88.1 g/mol. The number of hydrogen-bond acceptors (Lipinski definition) is 1. The Bertz CT molecular complexity index is 82.2. The third-order valence-corrected chi connectivity index (χ3v) is 0.605. The SMILES string of the molecule is C=C(/C=C\C)CO. The van der Waals surface area contributed by atoms with Crippen LogP contribution in [0.4, 0.5) is 0 Å². The van der Waals surface area contributed by atoms with E-state index in [0.717, 1.165) is 5.57 Å². The van der Waals surface area contributed by atoms with Crippen LogP contribution in [0.2, 0.25) is 0 Å². The van der Waals surface area contributed by atoms with Gasteiger partial charge in [0.2, 0.25) is 0 Å². The maximum atomic E-state index is 8.32. The van der Waals surface area contributed by atoms with Gasteiger partial charge in [0.1, 0.15) is 0 Å². The Balaban J connectivity index is 3.37. The summed E-state index contributed by atoms with van der Waals surface area (Å²) in [5, 5.41) is 8.32. The van der Waals surface area contributed by atoms with E-state index in [2.05, 4.69) is 6.58 Å². The van der Waals surface area contributed by atoms with Crippen LogP contribution in [0.15, 0.2) is 24.3 Å². The quantitative estimate of drug-likeness (QED) is 0.513. The van der Waals surface area contributed by atoms with Crippen LogP contribution in [0.3, 0.4) is 0 Å². The second-order valence-corrected chi connectivity index (χ2v) is 1.32. The maximum Gasteiger partial charge on any atom is 0.0676 e. The van der Waals surface area contributed by atoms with E-state index in [-0.39, 0.29) is 6.61 Å². The van der Waals surface area contributed by atoms with Crippen LogP contribution in [0.1, 0.15) is 6.92 Å². The smallest absolute Gasteiger partial charge is 0.0676 e. The molecule has 0 bridgehead atoms. The van der Waals surface area contributed by atoms with Gasteiger partial charge in [0.15, 0.2) is 0 Å². The highest BCUT2D eigenvalue weighted by Crippen LogP contribution is 1.87. The van der Waals surface area contributed by atoms with Gasteiger partial charge in [-0.2, -0.15) is 0 Å². The fraction of sp³-hybridized carbons (Fsp3) is 0.333. The average Bonchev–Trinajstić information content (AvgIpc) is 1.68. The largest absolute Gasteiger partial charge is 0.392 e. The van der Waals surface area contributed by atoms with E-state index in [9.17, 15) is 0 Å². The van der Waals surface area contributed by atoms with Crippen molar-refractivity contribution in [3.63, 3.8) is 0 Å². The van der Waals surface area contributed by atoms with E-state index in [1.165, 1.54) is 0 Å². The number of aliphatic hydroxyl groups excluding tert-OH is 1. The average molecular weight is 98.1 g/mol. The fourth-order valence-corrected chi connectivity index (χ4v) is 0.288. The summed E-state index contributed by atoms with van der Waals surface area (Å²) in [6.45, 7) is 5.48. The van der Waals surface area contributed by atoms with Crippen LogP contribution < -0.4 is 0 Å². The van der Waals surface area contributed by atoms with Crippen molar-refractivity contribution >= 4 is 0 Å². The van der Waals surface area contributed by atoms with Gasteiger partial charge in [0.25, 0.3) is 0 Å². The maximum absolute atomic E-state index is 8.32. The summed E-state index contributed by atoms with van der Waals surface area (Å²) in [4.78, 5) is 0. The Morgan fingerprint density at radius 1 is 1.86 bits per heavy atom. The first-order chi connectivity index (χ1) is 3.31. The third kappa shape index (κ3) is 3.27. The van der Waals surface area contributed by atoms with Gasteiger partial charge in [-0.25, -0.2) is 0 Å². The highest BCUT2D eigenvalue weighted by Gasteiger charge is 1.76. The van der Waals surface area contributed by atoms with E-state index in [1.807, 2.05) is 13.0 Å². The van der Waals surface area contributed by atoms with Crippen molar-refractivity contribution in [1.29, 1.82) is 0 Å². The standard InChI is InChI=1S/C6H10O/c1-3-4-6(2)5-7/h3-4,7H,2,5H2,1H3/b4-3-. The van der Waals surface area contributed by atoms with Crippen LogP contribution in [0.25, 0.3) is 0 Å². The summed E-state index contributed by atoms with van der Waals surface area (Å²) < 4.78 is 0. The van der Waals surface area contributed by atoms with Gasteiger partial charge in [-0.3, -0.25) is 0 Å². The molecule has 0 aliphatic rings. The first-order valence-corrected chi connectivity index (χ1v) is 2.22. The lowest BCUT2D eigenvalue weighted by molar-refractivity contribution is 0.335. The van der Waals surface area contributed by atoms with Gasteiger partial charge < -0.3 is 5.11 Å². The fourth-order valence-electron chi connectivity index (χ4n) is 0.288. The molecule has 0 aromatic heterocycles. The van der Waals surface area contributed by atoms with Gasteiger partial charge in [-0.1, -0.05) is 18.7 Å². The Morgan fingerprint density at radius 2 is 2.43 bits per heavy atom. The molecule has 0 saturated heterocycles.